The topological polar surface area (TPSA) is 51.8 Å². The molecular formula is C15H22N2O3. The van der Waals surface area contributed by atoms with Crippen LogP contribution in [0.3, 0.4) is 0 Å². The Balaban J connectivity index is 2.46. The van der Waals surface area contributed by atoms with Gasteiger partial charge in [-0.15, -0.1) is 0 Å². The first-order valence-electron chi connectivity index (χ1n) is 6.88. The molecule has 2 N–H and O–H groups in total. The summed E-state index contributed by atoms with van der Waals surface area (Å²) in [7, 11) is 3.26. The molecular weight excluding hydrogens is 256 g/mol. The van der Waals surface area contributed by atoms with Crippen LogP contribution in [0.1, 0.15) is 20.3 Å². The van der Waals surface area contributed by atoms with Gasteiger partial charge in [0.1, 0.15) is 0 Å². The lowest BCUT2D eigenvalue weighted by atomic mass is 9.99. The Morgan fingerprint density at radius 2 is 1.90 bits per heavy atom. The molecule has 0 aromatic heterocycles. The van der Waals surface area contributed by atoms with Gasteiger partial charge < -0.3 is 24.8 Å². The van der Waals surface area contributed by atoms with Crippen LogP contribution in [0.4, 0.5) is 0 Å². The maximum absolute atomic E-state index is 5.93. The van der Waals surface area contributed by atoms with Gasteiger partial charge in [0, 0.05) is 36.9 Å². The third kappa shape index (κ3) is 2.61. The highest BCUT2D eigenvalue weighted by molar-refractivity contribution is 5.49. The SMILES string of the molecule is CCNC1=CC(NCC)=C2CC=C(OC)C(OC)=C2O1. The van der Waals surface area contributed by atoms with Crippen LogP contribution in [0.15, 0.2) is 46.6 Å². The van der Waals surface area contributed by atoms with Crippen LogP contribution in [0.2, 0.25) is 0 Å². The molecule has 0 saturated carbocycles. The molecule has 1 heterocycles. The average Bonchev–Trinajstić information content (AvgIpc) is 2.46. The van der Waals surface area contributed by atoms with E-state index in [1.807, 2.05) is 19.1 Å². The van der Waals surface area contributed by atoms with Gasteiger partial charge in [0.15, 0.2) is 17.4 Å². The molecule has 5 heteroatoms. The summed E-state index contributed by atoms with van der Waals surface area (Å²) in [5.41, 5.74) is 2.15. The molecule has 0 radical (unpaired) electrons. The third-order valence-corrected chi connectivity index (χ3v) is 3.15. The van der Waals surface area contributed by atoms with E-state index in [2.05, 4.69) is 17.6 Å². The van der Waals surface area contributed by atoms with Gasteiger partial charge in [0.25, 0.3) is 0 Å². The average molecular weight is 278 g/mol. The molecule has 1 aliphatic carbocycles. The van der Waals surface area contributed by atoms with E-state index in [0.717, 1.165) is 36.5 Å². The van der Waals surface area contributed by atoms with E-state index >= 15 is 0 Å². The molecule has 0 aromatic carbocycles. The molecule has 0 amide bonds. The highest BCUT2D eigenvalue weighted by Crippen LogP contribution is 2.36. The monoisotopic (exact) mass is 278 g/mol. The quantitative estimate of drug-likeness (QED) is 0.779. The number of methoxy groups -OCH3 is 2. The smallest absolute Gasteiger partial charge is 0.204 e. The molecule has 0 atom stereocenters. The number of hydrogen-bond acceptors (Lipinski definition) is 5. The van der Waals surface area contributed by atoms with Crippen molar-refractivity contribution in [1.29, 1.82) is 0 Å². The van der Waals surface area contributed by atoms with Crippen molar-refractivity contribution in [1.82, 2.24) is 10.6 Å². The highest BCUT2D eigenvalue weighted by Gasteiger charge is 2.29. The van der Waals surface area contributed by atoms with Crippen molar-refractivity contribution >= 4 is 0 Å². The minimum Gasteiger partial charge on any atom is -0.493 e. The van der Waals surface area contributed by atoms with Crippen molar-refractivity contribution < 1.29 is 14.2 Å². The molecule has 0 spiro atoms. The minimum absolute atomic E-state index is 0.632. The van der Waals surface area contributed by atoms with E-state index < -0.39 is 0 Å². The van der Waals surface area contributed by atoms with Crippen molar-refractivity contribution in [3.05, 3.63) is 46.6 Å². The standard InChI is InChI=1S/C15H22N2O3/c1-5-16-11-9-13(17-6-2)20-14-10(11)7-8-12(18-3)15(14)19-4/h8-9,16-17H,5-7H2,1-4H3. The number of rotatable bonds is 6. The Kier molecular flexibility index (Phi) is 4.61. The Morgan fingerprint density at radius 3 is 2.50 bits per heavy atom. The van der Waals surface area contributed by atoms with Gasteiger partial charge in [0.2, 0.25) is 5.76 Å². The van der Waals surface area contributed by atoms with E-state index in [1.165, 1.54) is 0 Å². The normalized spacial score (nSPS) is 17.8. The van der Waals surface area contributed by atoms with Crippen LogP contribution < -0.4 is 10.6 Å². The number of nitrogens with one attached hydrogen (secondary N) is 2. The lowest BCUT2D eigenvalue weighted by Gasteiger charge is -2.28. The van der Waals surface area contributed by atoms with Gasteiger partial charge in [-0.25, -0.2) is 0 Å². The number of hydrogen-bond donors (Lipinski definition) is 2. The molecule has 0 bridgehead atoms. The number of ether oxygens (including phenoxy) is 3. The fourth-order valence-corrected chi connectivity index (χ4v) is 2.31. The Labute approximate surface area is 120 Å². The number of allylic oxidation sites excluding steroid dienone is 3. The van der Waals surface area contributed by atoms with Gasteiger partial charge in [0.05, 0.1) is 14.2 Å². The Hall–Kier alpha value is -2.04. The molecule has 0 unspecified atom stereocenters. The summed E-state index contributed by atoms with van der Waals surface area (Å²) in [5.74, 6) is 2.78. The van der Waals surface area contributed by atoms with Crippen LogP contribution in [-0.4, -0.2) is 27.3 Å². The van der Waals surface area contributed by atoms with E-state index in [0.29, 0.717) is 17.4 Å². The number of fused-ring (bicyclic) bond motifs is 1. The highest BCUT2D eigenvalue weighted by atomic mass is 16.5. The van der Waals surface area contributed by atoms with E-state index in [-0.39, 0.29) is 0 Å². The molecule has 0 aromatic rings. The summed E-state index contributed by atoms with van der Waals surface area (Å²) in [4.78, 5) is 0. The molecule has 1 aliphatic heterocycles. The van der Waals surface area contributed by atoms with Gasteiger partial charge in [-0.2, -0.15) is 0 Å². The molecule has 0 saturated heterocycles. The molecule has 0 fully saturated rings. The lowest BCUT2D eigenvalue weighted by Crippen LogP contribution is -2.26. The van der Waals surface area contributed by atoms with E-state index in [4.69, 9.17) is 14.2 Å². The first-order chi connectivity index (χ1) is 9.74. The fraction of sp³-hybridized carbons (Fsp3) is 0.467. The van der Waals surface area contributed by atoms with Crippen LogP contribution in [0, 0.1) is 0 Å². The van der Waals surface area contributed by atoms with E-state index in [1.54, 1.807) is 14.2 Å². The maximum atomic E-state index is 5.93. The van der Waals surface area contributed by atoms with Crippen LogP contribution in [0.5, 0.6) is 0 Å². The van der Waals surface area contributed by atoms with E-state index in [9.17, 15) is 0 Å². The Bertz CT molecular complexity index is 501. The van der Waals surface area contributed by atoms with Gasteiger partial charge in [-0.1, -0.05) is 0 Å². The van der Waals surface area contributed by atoms with Gasteiger partial charge in [-0.3, -0.25) is 0 Å². The zero-order valence-corrected chi connectivity index (χ0v) is 12.5. The predicted molar refractivity (Wildman–Crippen MR) is 77.3 cm³/mol. The fourth-order valence-electron chi connectivity index (χ4n) is 2.31. The maximum Gasteiger partial charge on any atom is 0.204 e. The molecule has 2 rings (SSSR count). The summed E-state index contributed by atoms with van der Waals surface area (Å²) in [5, 5.41) is 6.57. The molecule has 2 aliphatic rings. The first-order valence-corrected chi connectivity index (χ1v) is 6.88. The van der Waals surface area contributed by atoms with Crippen molar-refractivity contribution in [2.75, 3.05) is 27.3 Å². The van der Waals surface area contributed by atoms with Crippen molar-refractivity contribution in [2.24, 2.45) is 0 Å². The van der Waals surface area contributed by atoms with Crippen molar-refractivity contribution in [3.63, 3.8) is 0 Å². The first kappa shape index (κ1) is 14.4. The molecule has 5 nitrogen and oxygen atoms in total. The summed E-state index contributed by atoms with van der Waals surface area (Å²) >= 11 is 0. The number of likely N-dealkylation sites (N-methyl/N-ethyl adjacent to an activating group) is 1. The van der Waals surface area contributed by atoms with Gasteiger partial charge in [-0.05, 0) is 19.9 Å². The minimum atomic E-state index is 0.632. The molecule has 110 valence electrons. The van der Waals surface area contributed by atoms with Crippen molar-refractivity contribution in [2.45, 2.75) is 20.3 Å². The third-order valence-electron chi connectivity index (χ3n) is 3.15. The summed E-state index contributed by atoms with van der Waals surface area (Å²) in [6.45, 7) is 5.75. The Morgan fingerprint density at radius 1 is 1.15 bits per heavy atom. The zero-order chi connectivity index (χ0) is 14.5. The summed E-state index contributed by atoms with van der Waals surface area (Å²) in [6.07, 6.45) is 4.75. The van der Waals surface area contributed by atoms with Crippen LogP contribution in [0.25, 0.3) is 0 Å². The molecule has 20 heavy (non-hydrogen) atoms. The summed E-state index contributed by atoms with van der Waals surface area (Å²) in [6, 6.07) is 0. The van der Waals surface area contributed by atoms with Crippen LogP contribution in [-0.2, 0) is 14.2 Å². The van der Waals surface area contributed by atoms with Crippen LogP contribution >= 0.6 is 0 Å². The van der Waals surface area contributed by atoms with Gasteiger partial charge >= 0.3 is 0 Å². The zero-order valence-electron chi connectivity index (χ0n) is 12.5. The second-order valence-corrected chi connectivity index (χ2v) is 4.40. The largest absolute Gasteiger partial charge is 0.493 e. The second-order valence-electron chi connectivity index (χ2n) is 4.40. The summed E-state index contributed by atoms with van der Waals surface area (Å²) < 4.78 is 16.7. The predicted octanol–water partition coefficient (Wildman–Crippen LogP) is 2.12. The second kappa shape index (κ2) is 6.41. The lowest BCUT2D eigenvalue weighted by molar-refractivity contribution is 0.180. The van der Waals surface area contributed by atoms with Crippen molar-refractivity contribution in [3.8, 4) is 0 Å².